The molecule has 1 rings (SSSR count). The second-order valence-corrected chi connectivity index (χ2v) is 3.64. The predicted molar refractivity (Wildman–Crippen MR) is 61.6 cm³/mol. The maximum Gasteiger partial charge on any atom is 0.0443 e. The van der Waals surface area contributed by atoms with E-state index in [9.17, 15) is 0 Å². The summed E-state index contributed by atoms with van der Waals surface area (Å²) in [6.45, 7) is 5.68. The maximum atomic E-state index is 3.64. The van der Waals surface area contributed by atoms with Gasteiger partial charge in [0.2, 0.25) is 0 Å². The third-order valence-electron chi connectivity index (χ3n) is 1.46. The molecular weight excluding hydrogens is 178 g/mol. The topological polar surface area (TPSA) is 12.0 Å². The molecule has 0 aliphatic carbocycles. The molecule has 0 spiro atoms. The number of allylic oxidation sites excluding steroid dienone is 3. The summed E-state index contributed by atoms with van der Waals surface area (Å²) in [5.74, 6) is 0. The van der Waals surface area contributed by atoms with Gasteiger partial charge in [0.15, 0.2) is 0 Å². The predicted octanol–water partition coefficient (Wildman–Crippen LogP) is 3.84. The number of nitrogens with one attached hydrogen (secondary N) is 1. The van der Waals surface area contributed by atoms with Crippen LogP contribution in [0.25, 0.3) is 0 Å². The van der Waals surface area contributed by atoms with Crippen LogP contribution >= 0.6 is 11.9 Å². The van der Waals surface area contributed by atoms with Crippen molar-refractivity contribution in [2.24, 2.45) is 0 Å². The van der Waals surface area contributed by atoms with Crippen LogP contribution in [0.3, 0.4) is 0 Å². The van der Waals surface area contributed by atoms with Gasteiger partial charge >= 0.3 is 0 Å². The highest BCUT2D eigenvalue weighted by Gasteiger charge is 1.90. The third kappa shape index (κ3) is 3.85. The Labute approximate surface area is 83.7 Å². The van der Waals surface area contributed by atoms with Crippen molar-refractivity contribution >= 4 is 17.6 Å². The maximum absolute atomic E-state index is 3.64. The Bertz CT molecular complexity index is 290. The average Bonchev–Trinajstić information content (AvgIpc) is 2.17. The van der Waals surface area contributed by atoms with Crippen LogP contribution in [0.1, 0.15) is 6.92 Å². The molecule has 0 amide bonds. The monoisotopic (exact) mass is 191 g/mol. The zero-order valence-corrected chi connectivity index (χ0v) is 8.47. The van der Waals surface area contributed by atoms with Crippen LogP contribution in [0.15, 0.2) is 54.0 Å². The van der Waals surface area contributed by atoms with E-state index in [-0.39, 0.29) is 0 Å². The first-order valence-electron chi connectivity index (χ1n) is 4.10. The first-order valence-corrected chi connectivity index (χ1v) is 4.92. The fraction of sp³-hybridized carbons (Fsp3) is 0.0909. The van der Waals surface area contributed by atoms with Crippen LogP contribution in [0.2, 0.25) is 0 Å². The van der Waals surface area contributed by atoms with Gasteiger partial charge in [-0.15, -0.1) is 0 Å². The number of benzene rings is 1. The lowest BCUT2D eigenvalue weighted by molar-refractivity contribution is 1.65. The summed E-state index contributed by atoms with van der Waals surface area (Å²) < 4.78 is 3.23. The van der Waals surface area contributed by atoms with Crippen LogP contribution in [-0.2, 0) is 0 Å². The summed E-state index contributed by atoms with van der Waals surface area (Å²) in [5, 5.41) is 0. The van der Waals surface area contributed by atoms with E-state index >= 15 is 0 Å². The van der Waals surface area contributed by atoms with Crippen molar-refractivity contribution in [1.82, 2.24) is 0 Å². The van der Waals surface area contributed by atoms with E-state index in [4.69, 9.17) is 0 Å². The number of hydrogen-bond donors (Lipinski definition) is 1. The Kier molecular flexibility index (Phi) is 4.19. The summed E-state index contributed by atoms with van der Waals surface area (Å²) >= 11 is 1.59. The molecule has 0 atom stereocenters. The van der Waals surface area contributed by atoms with E-state index in [1.54, 1.807) is 18.0 Å². The number of rotatable bonds is 4. The van der Waals surface area contributed by atoms with Crippen molar-refractivity contribution in [1.29, 1.82) is 0 Å². The number of hydrogen-bond acceptors (Lipinski definition) is 2. The molecule has 2 heteroatoms. The van der Waals surface area contributed by atoms with Gasteiger partial charge < -0.3 is 4.72 Å². The van der Waals surface area contributed by atoms with Crippen LogP contribution in [0.4, 0.5) is 5.69 Å². The number of para-hydroxylation sites is 1. The molecule has 1 aromatic carbocycles. The van der Waals surface area contributed by atoms with Gasteiger partial charge in [-0.05, 0) is 31.0 Å². The lowest BCUT2D eigenvalue weighted by Gasteiger charge is -2.03. The highest BCUT2D eigenvalue weighted by Crippen LogP contribution is 2.18. The summed E-state index contributed by atoms with van der Waals surface area (Å²) in [6, 6.07) is 10.1. The quantitative estimate of drug-likeness (QED) is 0.573. The molecule has 1 nitrogen and oxygen atoms in total. The van der Waals surface area contributed by atoms with E-state index in [2.05, 4.69) is 11.3 Å². The lowest BCUT2D eigenvalue weighted by Crippen LogP contribution is -1.84. The first-order chi connectivity index (χ1) is 6.33. The van der Waals surface area contributed by atoms with Crippen LogP contribution < -0.4 is 4.72 Å². The Morgan fingerprint density at radius 2 is 2.08 bits per heavy atom. The van der Waals surface area contributed by atoms with Gasteiger partial charge in [0.1, 0.15) is 0 Å². The fourth-order valence-corrected chi connectivity index (χ4v) is 1.42. The van der Waals surface area contributed by atoms with E-state index in [0.717, 1.165) is 5.69 Å². The second-order valence-electron chi connectivity index (χ2n) is 2.58. The molecule has 0 aliphatic heterocycles. The van der Waals surface area contributed by atoms with E-state index in [1.807, 2.05) is 43.3 Å². The summed E-state index contributed by atoms with van der Waals surface area (Å²) in [4.78, 5) is 1.19. The van der Waals surface area contributed by atoms with E-state index in [1.165, 1.54) is 4.91 Å². The molecule has 0 fully saturated rings. The Balaban J connectivity index is 2.44. The van der Waals surface area contributed by atoms with E-state index in [0.29, 0.717) is 0 Å². The molecule has 0 saturated carbocycles. The molecule has 1 aromatic rings. The average molecular weight is 191 g/mol. The highest BCUT2D eigenvalue weighted by molar-refractivity contribution is 8.04. The molecule has 0 aliphatic rings. The Morgan fingerprint density at radius 1 is 1.38 bits per heavy atom. The molecule has 0 bridgehead atoms. The minimum atomic E-state index is 1.12. The van der Waals surface area contributed by atoms with Crippen LogP contribution in [0, 0.1) is 0 Å². The molecule has 68 valence electrons. The lowest BCUT2D eigenvalue weighted by atomic mass is 10.3. The SMILES string of the molecule is C=C/C=C(\C)SNc1ccccc1. The van der Waals surface area contributed by atoms with Gasteiger partial charge in [-0.3, -0.25) is 0 Å². The van der Waals surface area contributed by atoms with Gasteiger partial charge in [0.25, 0.3) is 0 Å². The molecular formula is C11H13NS. The van der Waals surface area contributed by atoms with Gasteiger partial charge in [-0.2, -0.15) is 0 Å². The van der Waals surface area contributed by atoms with Gasteiger partial charge in [0.05, 0.1) is 0 Å². The minimum Gasteiger partial charge on any atom is -0.326 e. The fourth-order valence-electron chi connectivity index (χ4n) is 0.846. The van der Waals surface area contributed by atoms with Crippen molar-refractivity contribution < 1.29 is 0 Å². The normalized spacial score (nSPS) is 11.0. The van der Waals surface area contributed by atoms with Gasteiger partial charge in [-0.1, -0.05) is 36.9 Å². The zero-order valence-electron chi connectivity index (χ0n) is 7.66. The van der Waals surface area contributed by atoms with E-state index < -0.39 is 0 Å². The summed E-state index contributed by atoms with van der Waals surface area (Å²) in [5.41, 5.74) is 1.12. The van der Waals surface area contributed by atoms with Gasteiger partial charge in [-0.25, -0.2) is 0 Å². The molecule has 0 saturated heterocycles. The second kappa shape index (κ2) is 5.49. The molecule has 0 aromatic heterocycles. The summed E-state index contributed by atoms with van der Waals surface area (Å²) in [6.07, 6.45) is 3.76. The van der Waals surface area contributed by atoms with Crippen molar-refractivity contribution in [2.75, 3.05) is 4.72 Å². The van der Waals surface area contributed by atoms with Crippen molar-refractivity contribution in [3.05, 3.63) is 54.0 Å². The standard InChI is InChI=1S/C11H13NS/c1-3-7-10(2)13-12-11-8-5-4-6-9-11/h3-9,12H,1H2,2H3/b10-7+. The van der Waals surface area contributed by atoms with Crippen LogP contribution in [-0.4, -0.2) is 0 Å². The molecule has 1 N–H and O–H groups in total. The first kappa shape index (κ1) is 9.93. The van der Waals surface area contributed by atoms with Crippen molar-refractivity contribution in [2.45, 2.75) is 6.92 Å². The third-order valence-corrected chi connectivity index (χ3v) is 2.25. The minimum absolute atomic E-state index is 1.12. The zero-order chi connectivity index (χ0) is 9.52. The van der Waals surface area contributed by atoms with Gasteiger partial charge in [0, 0.05) is 10.6 Å². The number of anilines is 1. The van der Waals surface area contributed by atoms with Crippen molar-refractivity contribution in [3.63, 3.8) is 0 Å². The largest absolute Gasteiger partial charge is 0.326 e. The Hall–Kier alpha value is -1.15. The molecule has 0 radical (unpaired) electrons. The van der Waals surface area contributed by atoms with Crippen LogP contribution in [0.5, 0.6) is 0 Å². The molecule has 0 unspecified atom stereocenters. The Morgan fingerprint density at radius 3 is 2.69 bits per heavy atom. The molecule has 13 heavy (non-hydrogen) atoms. The molecule has 0 heterocycles. The smallest absolute Gasteiger partial charge is 0.0443 e. The van der Waals surface area contributed by atoms with Crippen molar-refractivity contribution in [3.8, 4) is 0 Å². The summed E-state index contributed by atoms with van der Waals surface area (Å²) in [7, 11) is 0. The highest BCUT2D eigenvalue weighted by atomic mass is 32.2.